The minimum atomic E-state index is -4.45. The summed E-state index contributed by atoms with van der Waals surface area (Å²) in [6.07, 6.45) is -6.74. The summed E-state index contributed by atoms with van der Waals surface area (Å²) in [6, 6.07) is 10.5. The molecule has 6 N–H and O–H groups in total. The fourth-order valence-corrected chi connectivity index (χ4v) is 4.41. The van der Waals surface area contributed by atoms with Gasteiger partial charge in [-0.2, -0.15) is 0 Å². The molecule has 218 valence electrons. The Labute approximate surface area is 231 Å². The molecule has 0 bridgehead atoms. The van der Waals surface area contributed by atoms with Crippen molar-refractivity contribution in [2.45, 2.75) is 55.4 Å². The number of aliphatic hydroxyl groups excluding tert-OH is 3. The van der Waals surface area contributed by atoms with Gasteiger partial charge in [-0.25, -0.2) is 23.1 Å². The molecule has 1 saturated heterocycles. The number of unbranched alkanes of at least 4 members (excludes halogenated alkanes) is 1. The number of para-hydroxylation sites is 1. The van der Waals surface area contributed by atoms with Crippen molar-refractivity contribution in [1.82, 2.24) is 0 Å². The molecule has 13 nitrogen and oxygen atoms in total. The summed E-state index contributed by atoms with van der Waals surface area (Å²) >= 11 is 0. The Kier molecular flexibility index (Phi) is 10.6. The van der Waals surface area contributed by atoms with Gasteiger partial charge in [0.05, 0.1) is 11.3 Å². The van der Waals surface area contributed by atoms with Crippen molar-refractivity contribution in [3.8, 4) is 11.5 Å². The number of nitrogens with one attached hydrogen (secondary N) is 1. The van der Waals surface area contributed by atoms with Gasteiger partial charge >= 0.3 is 11.9 Å². The molecule has 0 unspecified atom stereocenters. The molecule has 0 aliphatic carbocycles. The smallest absolute Gasteiger partial charge is 0.340 e. The molecule has 1 fully saturated rings. The molecule has 2 aromatic rings. The number of sulfonamides is 1. The lowest BCUT2D eigenvalue weighted by molar-refractivity contribution is -0.279. The maximum absolute atomic E-state index is 13.1. The average Bonchev–Trinajstić information content (AvgIpc) is 2.92. The number of rotatable bonds is 12. The molecular formula is C26H32N2O11S. The van der Waals surface area contributed by atoms with E-state index in [4.69, 9.17) is 24.1 Å². The Morgan fingerprint density at radius 2 is 1.82 bits per heavy atom. The highest BCUT2D eigenvalue weighted by Crippen LogP contribution is 2.37. The summed E-state index contributed by atoms with van der Waals surface area (Å²) in [7, 11) is -4.45. The molecule has 2 aromatic carbocycles. The summed E-state index contributed by atoms with van der Waals surface area (Å²) in [5.41, 5.74) is -0.215. The molecular weight excluding hydrogens is 548 g/mol. The Bertz CT molecular complexity index is 1300. The van der Waals surface area contributed by atoms with Crippen LogP contribution in [0.5, 0.6) is 11.5 Å². The van der Waals surface area contributed by atoms with E-state index in [0.717, 1.165) is 12.5 Å². The zero-order valence-corrected chi connectivity index (χ0v) is 22.5. The lowest BCUT2D eigenvalue weighted by Crippen LogP contribution is -2.60. The summed E-state index contributed by atoms with van der Waals surface area (Å²) in [5.74, 6) is -2.14. The monoisotopic (exact) mass is 580 g/mol. The van der Waals surface area contributed by atoms with E-state index in [-0.39, 0.29) is 23.6 Å². The third-order valence-electron chi connectivity index (χ3n) is 5.77. The largest absolute Gasteiger partial charge is 0.459 e. The molecule has 14 heteroatoms. The highest BCUT2D eigenvalue weighted by Gasteiger charge is 2.49. The Morgan fingerprint density at radius 1 is 1.12 bits per heavy atom. The summed E-state index contributed by atoms with van der Waals surface area (Å²) in [6.45, 7) is 5.51. The number of carbonyl (C=O) groups excluding carboxylic acids is 2. The first-order chi connectivity index (χ1) is 19.0. The summed E-state index contributed by atoms with van der Waals surface area (Å²) < 4.78 is 46.2. The number of anilines is 1. The standard InChI is InChI=1S/C26H32N2O11S/c1-3-5-11-28-17-13-15(14-18(40(27,34)35)22(17)37-16-9-7-6-8-10-16)24(32)39-26-21(31)19(29)20(30)23(38-26)25(33)36-12-4-2/h4,6-10,13-14,19-21,23,26,28-31H,2-3,5,11-12H2,1H3,(H2,27,34,35)/t19-,20-,21+,23-,26-/m0/s1. The van der Waals surface area contributed by atoms with E-state index in [1.807, 2.05) is 6.92 Å². The van der Waals surface area contributed by atoms with E-state index in [9.17, 15) is 33.3 Å². The van der Waals surface area contributed by atoms with Gasteiger partial charge in [0.1, 0.15) is 35.6 Å². The lowest BCUT2D eigenvalue weighted by atomic mass is 9.99. The molecule has 0 aromatic heterocycles. The maximum Gasteiger partial charge on any atom is 0.340 e. The first-order valence-electron chi connectivity index (χ1n) is 12.3. The molecule has 0 amide bonds. The van der Waals surface area contributed by atoms with Gasteiger partial charge in [0.2, 0.25) is 16.3 Å². The van der Waals surface area contributed by atoms with Gasteiger partial charge < -0.3 is 39.6 Å². The van der Waals surface area contributed by atoms with Crippen LogP contribution in [-0.2, 0) is 29.0 Å². The molecule has 3 rings (SSSR count). The van der Waals surface area contributed by atoms with E-state index >= 15 is 0 Å². The number of benzene rings is 2. The van der Waals surface area contributed by atoms with Crippen LogP contribution in [0.1, 0.15) is 30.1 Å². The third kappa shape index (κ3) is 7.56. The van der Waals surface area contributed by atoms with E-state index in [0.29, 0.717) is 18.7 Å². The van der Waals surface area contributed by atoms with Crippen molar-refractivity contribution in [1.29, 1.82) is 0 Å². The predicted molar refractivity (Wildman–Crippen MR) is 141 cm³/mol. The van der Waals surface area contributed by atoms with Crippen LogP contribution in [0.25, 0.3) is 0 Å². The van der Waals surface area contributed by atoms with Crippen LogP contribution in [0, 0.1) is 0 Å². The number of primary sulfonamides is 1. The second-order valence-corrected chi connectivity index (χ2v) is 10.3. The van der Waals surface area contributed by atoms with Crippen LogP contribution < -0.4 is 15.2 Å². The van der Waals surface area contributed by atoms with Gasteiger partial charge in [-0.05, 0) is 30.7 Å². The zero-order chi connectivity index (χ0) is 29.4. The highest BCUT2D eigenvalue weighted by atomic mass is 32.2. The number of aliphatic hydroxyl groups is 3. The fraction of sp³-hybridized carbons (Fsp3) is 0.385. The first-order valence-corrected chi connectivity index (χ1v) is 13.9. The van der Waals surface area contributed by atoms with Crippen LogP contribution in [0.15, 0.2) is 60.0 Å². The van der Waals surface area contributed by atoms with E-state index < -0.39 is 57.6 Å². The minimum Gasteiger partial charge on any atom is -0.459 e. The van der Waals surface area contributed by atoms with E-state index in [2.05, 4.69) is 11.9 Å². The molecule has 0 saturated carbocycles. The van der Waals surface area contributed by atoms with Crippen molar-refractivity contribution in [2.75, 3.05) is 18.5 Å². The van der Waals surface area contributed by atoms with Crippen LogP contribution in [0.4, 0.5) is 5.69 Å². The van der Waals surface area contributed by atoms with Crippen molar-refractivity contribution >= 4 is 27.6 Å². The SMILES string of the molecule is C=CCOC(=O)[C@H]1O[C@@H](OC(=O)c2cc(NCCCC)c(Oc3ccccc3)c(S(N)(=O)=O)c2)[C@H](O)[C@@H](O)[C@@H]1O. The van der Waals surface area contributed by atoms with Gasteiger partial charge in [-0.1, -0.05) is 44.2 Å². The second-order valence-electron chi connectivity index (χ2n) is 8.81. The lowest BCUT2D eigenvalue weighted by Gasteiger charge is -2.38. The summed E-state index contributed by atoms with van der Waals surface area (Å²) in [5, 5.41) is 39.2. The Hall–Kier alpha value is -3.53. The minimum absolute atomic E-state index is 0.113. The van der Waals surface area contributed by atoms with Crippen molar-refractivity contribution in [3.63, 3.8) is 0 Å². The number of ether oxygens (including phenoxy) is 4. The average molecular weight is 581 g/mol. The van der Waals surface area contributed by atoms with Crippen molar-refractivity contribution < 1.29 is 52.3 Å². The first kappa shape index (κ1) is 31.0. The highest BCUT2D eigenvalue weighted by molar-refractivity contribution is 7.89. The van der Waals surface area contributed by atoms with Crippen LogP contribution in [0.2, 0.25) is 0 Å². The molecule has 0 spiro atoms. The topological polar surface area (TPSA) is 204 Å². The fourth-order valence-electron chi connectivity index (χ4n) is 3.71. The number of hydrogen-bond acceptors (Lipinski definition) is 12. The van der Waals surface area contributed by atoms with Gasteiger partial charge in [-0.3, -0.25) is 0 Å². The number of esters is 2. The predicted octanol–water partition coefficient (Wildman–Crippen LogP) is 1.03. The summed E-state index contributed by atoms with van der Waals surface area (Å²) in [4.78, 5) is 24.8. The number of hydrogen-bond donors (Lipinski definition) is 5. The van der Waals surface area contributed by atoms with Gasteiger partial charge in [-0.15, -0.1) is 0 Å². The molecule has 1 aliphatic heterocycles. The van der Waals surface area contributed by atoms with Crippen LogP contribution >= 0.6 is 0 Å². The molecule has 1 heterocycles. The van der Waals surface area contributed by atoms with Gasteiger partial charge in [0.15, 0.2) is 11.9 Å². The molecule has 0 radical (unpaired) electrons. The number of carbonyl (C=O) groups is 2. The quantitative estimate of drug-likeness (QED) is 0.136. The van der Waals surface area contributed by atoms with Crippen molar-refractivity contribution in [2.24, 2.45) is 5.14 Å². The van der Waals surface area contributed by atoms with E-state index in [1.165, 1.54) is 12.1 Å². The normalized spacial score (nSPS) is 22.7. The zero-order valence-electron chi connectivity index (χ0n) is 21.6. The van der Waals surface area contributed by atoms with Crippen LogP contribution in [0.3, 0.4) is 0 Å². The Morgan fingerprint density at radius 3 is 2.45 bits per heavy atom. The van der Waals surface area contributed by atoms with Crippen LogP contribution in [-0.4, -0.2) is 79.5 Å². The molecule has 5 atom stereocenters. The van der Waals surface area contributed by atoms with Gasteiger partial charge in [0.25, 0.3) is 0 Å². The van der Waals surface area contributed by atoms with Gasteiger partial charge in [0, 0.05) is 6.54 Å². The second kappa shape index (κ2) is 13.7. The maximum atomic E-state index is 13.1. The molecule has 40 heavy (non-hydrogen) atoms. The van der Waals surface area contributed by atoms with Crippen molar-refractivity contribution in [3.05, 3.63) is 60.7 Å². The molecule has 1 aliphatic rings. The van der Waals surface area contributed by atoms with E-state index in [1.54, 1.807) is 30.3 Å². The Balaban J connectivity index is 1.97. The number of nitrogens with two attached hydrogens (primary N) is 1. The third-order valence-corrected chi connectivity index (χ3v) is 6.69.